The van der Waals surface area contributed by atoms with Gasteiger partial charge in [0, 0.05) is 6.04 Å². The zero-order valence-corrected chi connectivity index (χ0v) is 16.9. The molecule has 0 unspecified atom stereocenters. The van der Waals surface area contributed by atoms with Gasteiger partial charge in [-0.25, -0.2) is 4.79 Å². The minimum absolute atomic E-state index is 0.112. The Labute approximate surface area is 170 Å². The van der Waals surface area contributed by atoms with Crippen molar-refractivity contribution in [2.75, 3.05) is 6.54 Å². The molecule has 4 amide bonds. The SMILES string of the molecule is C[C@@H]1CCCC[C@@H]1NC(=O)CN1C(=O)N[C@@](C)(c2cccc3ccccc23)C1=O. The molecule has 1 aliphatic carbocycles. The van der Waals surface area contributed by atoms with Crippen LogP contribution in [0.25, 0.3) is 10.8 Å². The van der Waals surface area contributed by atoms with E-state index in [-0.39, 0.29) is 18.5 Å². The van der Waals surface area contributed by atoms with Gasteiger partial charge in [-0.15, -0.1) is 0 Å². The molecule has 1 aliphatic heterocycles. The number of rotatable bonds is 4. The van der Waals surface area contributed by atoms with Crippen LogP contribution in [0, 0.1) is 5.92 Å². The van der Waals surface area contributed by atoms with E-state index < -0.39 is 17.5 Å². The highest BCUT2D eigenvalue weighted by Crippen LogP contribution is 2.33. The molecule has 152 valence electrons. The Kier molecular flexibility index (Phi) is 5.03. The summed E-state index contributed by atoms with van der Waals surface area (Å²) in [6.45, 7) is 3.58. The fraction of sp³-hybridized carbons (Fsp3) is 0.435. The zero-order valence-electron chi connectivity index (χ0n) is 16.9. The summed E-state index contributed by atoms with van der Waals surface area (Å²) in [5.74, 6) is -0.267. The third-order valence-electron chi connectivity index (χ3n) is 6.36. The maximum Gasteiger partial charge on any atom is 0.325 e. The van der Waals surface area contributed by atoms with Gasteiger partial charge in [-0.1, -0.05) is 62.2 Å². The molecule has 6 nitrogen and oxygen atoms in total. The highest BCUT2D eigenvalue weighted by molar-refractivity contribution is 6.10. The molecule has 3 atom stereocenters. The van der Waals surface area contributed by atoms with E-state index in [9.17, 15) is 14.4 Å². The average molecular weight is 393 g/mol. The van der Waals surface area contributed by atoms with Crippen LogP contribution in [-0.2, 0) is 15.1 Å². The normalized spacial score (nSPS) is 27.2. The van der Waals surface area contributed by atoms with Crippen LogP contribution in [0.5, 0.6) is 0 Å². The van der Waals surface area contributed by atoms with Crippen LogP contribution in [-0.4, -0.2) is 35.3 Å². The van der Waals surface area contributed by atoms with Gasteiger partial charge in [0.15, 0.2) is 0 Å². The van der Waals surface area contributed by atoms with Gasteiger partial charge in [-0.3, -0.25) is 14.5 Å². The van der Waals surface area contributed by atoms with Gasteiger partial charge in [-0.2, -0.15) is 0 Å². The summed E-state index contributed by atoms with van der Waals surface area (Å²) in [5, 5.41) is 7.74. The van der Waals surface area contributed by atoms with E-state index in [0.717, 1.165) is 40.5 Å². The van der Waals surface area contributed by atoms with Gasteiger partial charge in [0.05, 0.1) is 0 Å². The van der Waals surface area contributed by atoms with E-state index in [4.69, 9.17) is 0 Å². The minimum Gasteiger partial charge on any atom is -0.352 e. The standard InChI is InChI=1S/C23H27N3O3/c1-15-8-3-6-13-19(15)24-20(27)14-26-21(28)23(2,25-22(26)29)18-12-7-10-16-9-4-5-11-17(16)18/h4-5,7,9-12,15,19H,3,6,8,13-14H2,1-2H3,(H,24,27)(H,25,29)/t15-,19+,23+/m1/s1. The van der Waals surface area contributed by atoms with Gasteiger partial charge in [0.25, 0.3) is 5.91 Å². The highest BCUT2D eigenvalue weighted by Gasteiger charge is 2.50. The summed E-state index contributed by atoms with van der Waals surface area (Å²) in [5.41, 5.74) is -0.464. The van der Waals surface area contributed by atoms with Crippen molar-refractivity contribution in [1.82, 2.24) is 15.5 Å². The number of urea groups is 1. The first kappa shape index (κ1) is 19.4. The lowest BCUT2D eigenvalue weighted by atomic mass is 9.86. The van der Waals surface area contributed by atoms with E-state index in [2.05, 4.69) is 17.6 Å². The average Bonchev–Trinajstić information content (AvgIpc) is 2.93. The van der Waals surface area contributed by atoms with Crippen LogP contribution < -0.4 is 10.6 Å². The second-order valence-electron chi connectivity index (χ2n) is 8.41. The van der Waals surface area contributed by atoms with Crippen molar-refractivity contribution in [2.45, 2.75) is 51.1 Å². The molecule has 2 N–H and O–H groups in total. The molecule has 4 rings (SSSR count). The zero-order chi connectivity index (χ0) is 20.6. The number of carbonyl (C=O) groups excluding carboxylic acids is 3. The van der Waals surface area contributed by atoms with Crippen LogP contribution in [0.1, 0.15) is 45.1 Å². The van der Waals surface area contributed by atoms with Crippen molar-refractivity contribution in [2.24, 2.45) is 5.92 Å². The van der Waals surface area contributed by atoms with Crippen LogP contribution >= 0.6 is 0 Å². The summed E-state index contributed by atoms with van der Waals surface area (Å²) in [6.07, 6.45) is 4.31. The topological polar surface area (TPSA) is 78.5 Å². The van der Waals surface area contributed by atoms with Crippen LogP contribution in [0.2, 0.25) is 0 Å². The summed E-state index contributed by atoms with van der Waals surface area (Å²) >= 11 is 0. The fourth-order valence-corrected chi connectivity index (χ4v) is 4.61. The van der Waals surface area contributed by atoms with E-state index in [0.29, 0.717) is 5.92 Å². The predicted molar refractivity (Wildman–Crippen MR) is 111 cm³/mol. The molecule has 0 aromatic heterocycles. The maximum atomic E-state index is 13.2. The molecule has 6 heteroatoms. The number of fused-ring (bicyclic) bond motifs is 1. The monoisotopic (exact) mass is 393 g/mol. The Morgan fingerprint density at radius 1 is 1.14 bits per heavy atom. The minimum atomic E-state index is -1.20. The van der Waals surface area contributed by atoms with E-state index >= 15 is 0 Å². The van der Waals surface area contributed by atoms with Gasteiger partial charge in [0.1, 0.15) is 12.1 Å². The summed E-state index contributed by atoms with van der Waals surface area (Å²) < 4.78 is 0. The Morgan fingerprint density at radius 3 is 2.66 bits per heavy atom. The number of amides is 4. The van der Waals surface area contributed by atoms with Gasteiger partial charge in [0.2, 0.25) is 5.91 Å². The van der Waals surface area contributed by atoms with Gasteiger partial charge in [-0.05, 0) is 42.0 Å². The lowest BCUT2D eigenvalue weighted by molar-refractivity contribution is -0.135. The van der Waals surface area contributed by atoms with Crippen molar-refractivity contribution >= 4 is 28.6 Å². The molecule has 0 spiro atoms. The number of nitrogens with zero attached hydrogens (tertiary/aromatic N) is 1. The summed E-state index contributed by atoms with van der Waals surface area (Å²) in [4.78, 5) is 39.5. The molecular weight excluding hydrogens is 366 g/mol. The number of nitrogens with one attached hydrogen (secondary N) is 2. The van der Waals surface area contributed by atoms with E-state index in [1.165, 1.54) is 6.42 Å². The first-order valence-corrected chi connectivity index (χ1v) is 10.3. The molecular formula is C23H27N3O3. The number of carbonyl (C=O) groups is 3. The second kappa shape index (κ2) is 7.50. The first-order valence-electron chi connectivity index (χ1n) is 10.3. The lowest BCUT2D eigenvalue weighted by Crippen LogP contribution is -2.47. The quantitative estimate of drug-likeness (QED) is 0.783. The number of imide groups is 1. The lowest BCUT2D eigenvalue weighted by Gasteiger charge is -2.30. The van der Waals surface area contributed by atoms with Gasteiger partial charge >= 0.3 is 6.03 Å². The number of hydrogen-bond acceptors (Lipinski definition) is 3. The molecule has 0 bridgehead atoms. The smallest absolute Gasteiger partial charge is 0.325 e. The van der Waals surface area contributed by atoms with Crippen LogP contribution in [0.3, 0.4) is 0 Å². The fourth-order valence-electron chi connectivity index (χ4n) is 4.61. The maximum absolute atomic E-state index is 13.2. The molecule has 2 aliphatic rings. The van der Waals surface area contributed by atoms with Crippen LogP contribution in [0.15, 0.2) is 42.5 Å². The predicted octanol–water partition coefficient (Wildman–Crippen LogP) is 3.30. The number of benzene rings is 2. The Hall–Kier alpha value is -2.89. The Bertz CT molecular complexity index is 967. The van der Waals surface area contributed by atoms with Crippen LogP contribution in [0.4, 0.5) is 4.79 Å². The molecule has 0 radical (unpaired) electrons. The van der Waals surface area contributed by atoms with Crippen molar-refractivity contribution < 1.29 is 14.4 Å². The van der Waals surface area contributed by atoms with E-state index in [1.54, 1.807) is 6.92 Å². The molecule has 2 fully saturated rings. The van der Waals surface area contributed by atoms with Crippen molar-refractivity contribution in [1.29, 1.82) is 0 Å². The molecule has 1 saturated heterocycles. The molecule has 2 aromatic rings. The third kappa shape index (κ3) is 3.48. The number of hydrogen-bond donors (Lipinski definition) is 2. The van der Waals surface area contributed by atoms with Crippen molar-refractivity contribution in [3.8, 4) is 0 Å². The Morgan fingerprint density at radius 2 is 1.86 bits per heavy atom. The molecule has 1 saturated carbocycles. The van der Waals surface area contributed by atoms with Crippen molar-refractivity contribution in [3.63, 3.8) is 0 Å². The van der Waals surface area contributed by atoms with Gasteiger partial charge < -0.3 is 10.6 Å². The molecule has 2 aromatic carbocycles. The summed E-state index contributed by atoms with van der Waals surface area (Å²) in [7, 11) is 0. The Balaban J connectivity index is 1.54. The van der Waals surface area contributed by atoms with Crippen molar-refractivity contribution in [3.05, 3.63) is 48.0 Å². The largest absolute Gasteiger partial charge is 0.352 e. The summed E-state index contributed by atoms with van der Waals surface area (Å²) in [6, 6.07) is 13.0. The highest BCUT2D eigenvalue weighted by atomic mass is 16.2. The van der Waals surface area contributed by atoms with E-state index in [1.807, 2.05) is 42.5 Å². The molecule has 1 heterocycles. The second-order valence-corrected chi connectivity index (χ2v) is 8.41. The third-order valence-corrected chi connectivity index (χ3v) is 6.36. The first-order chi connectivity index (χ1) is 13.9. The molecule has 29 heavy (non-hydrogen) atoms.